The molecule has 1 rings (SSSR count). The maximum absolute atomic E-state index is 8.70. The quantitative estimate of drug-likeness (QED) is 0.726. The van der Waals surface area contributed by atoms with Crippen LogP contribution in [0.2, 0.25) is 0 Å². The first kappa shape index (κ1) is 11.1. The van der Waals surface area contributed by atoms with Crippen molar-refractivity contribution in [3.05, 3.63) is 11.7 Å². The third kappa shape index (κ3) is 3.43. The van der Waals surface area contributed by atoms with E-state index in [1.165, 1.54) is 0 Å². The SMILES string of the molecule is CCN(CCCO)Cc1noc(C)n1. The summed E-state index contributed by atoms with van der Waals surface area (Å²) in [6.45, 7) is 6.55. The van der Waals surface area contributed by atoms with E-state index in [1.807, 2.05) is 0 Å². The smallest absolute Gasteiger partial charge is 0.223 e. The van der Waals surface area contributed by atoms with Gasteiger partial charge in [-0.15, -0.1) is 0 Å². The molecule has 5 heteroatoms. The largest absolute Gasteiger partial charge is 0.396 e. The van der Waals surface area contributed by atoms with E-state index in [0.717, 1.165) is 19.5 Å². The van der Waals surface area contributed by atoms with Crippen molar-refractivity contribution in [3.8, 4) is 0 Å². The summed E-state index contributed by atoms with van der Waals surface area (Å²) in [5.74, 6) is 1.31. The van der Waals surface area contributed by atoms with Crippen LogP contribution in [0.5, 0.6) is 0 Å². The molecule has 5 nitrogen and oxygen atoms in total. The number of aryl methyl sites for hydroxylation is 1. The van der Waals surface area contributed by atoms with E-state index in [4.69, 9.17) is 9.63 Å². The van der Waals surface area contributed by atoms with Crippen molar-refractivity contribution in [1.82, 2.24) is 15.0 Å². The van der Waals surface area contributed by atoms with E-state index in [0.29, 0.717) is 18.3 Å². The maximum Gasteiger partial charge on any atom is 0.223 e. The van der Waals surface area contributed by atoms with Crippen LogP contribution in [-0.2, 0) is 6.54 Å². The van der Waals surface area contributed by atoms with Crippen LogP contribution in [0, 0.1) is 6.92 Å². The van der Waals surface area contributed by atoms with Gasteiger partial charge in [0.05, 0.1) is 6.54 Å². The number of aromatic nitrogens is 2. The zero-order valence-corrected chi connectivity index (χ0v) is 8.73. The van der Waals surface area contributed by atoms with E-state index in [-0.39, 0.29) is 6.61 Å². The Balaban J connectivity index is 2.40. The standard InChI is InChI=1S/C9H17N3O2/c1-3-12(5-4-6-13)7-9-10-8(2)14-11-9/h13H,3-7H2,1-2H3. The summed E-state index contributed by atoms with van der Waals surface area (Å²) in [4.78, 5) is 6.29. The van der Waals surface area contributed by atoms with Crippen LogP contribution < -0.4 is 0 Å². The summed E-state index contributed by atoms with van der Waals surface area (Å²) >= 11 is 0. The lowest BCUT2D eigenvalue weighted by Gasteiger charge is -2.17. The van der Waals surface area contributed by atoms with Crippen molar-refractivity contribution in [2.45, 2.75) is 26.8 Å². The second kappa shape index (κ2) is 5.72. The Morgan fingerprint density at radius 1 is 1.50 bits per heavy atom. The number of hydrogen-bond donors (Lipinski definition) is 1. The highest BCUT2D eigenvalue weighted by Crippen LogP contribution is 2.01. The third-order valence-corrected chi connectivity index (χ3v) is 2.01. The van der Waals surface area contributed by atoms with Gasteiger partial charge in [0.1, 0.15) is 0 Å². The van der Waals surface area contributed by atoms with Crippen molar-refractivity contribution in [2.24, 2.45) is 0 Å². The first-order chi connectivity index (χ1) is 6.76. The first-order valence-electron chi connectivity index (χ1n) is 4.88. The highest BCUT2D eigenvalue weighted by molar-refractivity contribution is 4.83. The molecule has 0 amide bonds. The molecule has 0 aliphatic heterocycles. The normalized spacial score (nSPS) is 11.1. The van der Waals surface area contributed by atoms with Gasteiger partial charge >= 0.3 is 0 Å². The molecule has 0 unspecified atom stereocenters. The fourth-order valence-corrected chi connectivity index (χ4v) is 1.25. The summed E-state index contributed by atoms with van der Waals surface area (Å²) in [6, 6.07) is 0. The van der Waals surface area contributed by atoms with Gasteiger partial charge in [-0.3, -0.25) is 4.90 Å². The molecule has 0 saturated heterocycles. The number of rotatable bonds is 6. The third-order valence-electron chi connectivity index (χ3n) is 2.01. The fraction of sp³-hybridized carbons (Fsp3) is 0.778. The molecule has 1 aromatic heterocycles. The minimum absolute atomic E-state index is 0.224. The lowest BCUT2D eigenvalue weighted by molar-refractivity contribution is 0.220. The molecule has 0 aliphatic rings. The minimum Gasteiger partial charge on any atom is -0.396 e. The summed E-state index contributed by atoms with van der Waals surface area (Å²) in [5.41, 5.74) is 0. The molecule has 0 aromatic carbocycles. The van der Waals surface area contributed by atoms with E-state index >= 15 is 0 Å². The second-order valence-electron chi connectivity index (χ2n) is 3.18. The van der Waals surface area contributed by atoms with Gasteiger partial charge in [0, 0.05) is 20.1 Å². The molecular formula is C9H17N3O2. The maximum atomic E-state index is 8.70. The molecule has 0 radical (unpaired) electrons. The predicted molar refractivity (Wildman–Crippen MR) is 51.7 cm³/mol. The van der Waals surface area contributed by atoms with Gasteiger partial charge in [-0.05, 0) is 13.0 Å². The lowest BCUT2D eigenvalue weighted by atomic mass is 10.4. The molecule has 80 valence electrons. The molecule has 0 fully saturated rings. The predicted octanol–water partition coefficient (Wildman–Crippen LogP) is 0.582. The van der Waals surface area contributed by atoms with Crippen LogP contribution in [0.3, 0.4) is 0 Å². The summed E-state index contributed by atoms with van der Waals surface area (Å²) in [6.07, 6.45) is 0.782. The average Bonchev–Trinajstić information content (AvgIpc) is 2.58. The number of nitrogens with zero attached hydrogens (tertiary/aromatic N) is 3. The Kier molecular flexibility index (Phi) is 4.55. The van der Waals surface area contributed by atoms with Crippen molar-refractivity contribution in [3.63, 3.8) is 0 Å². The van der Waals surface area contributed by atoms with Gasteiger partial charge in [0.25, 0.3) is 0 Å². The van der Waals surface area contributed by atoms with E-state index in [9.17, 15) is 0 Å². The monoisotopic (exact) mass is 199 g/mol. The van der Waals surface area contributed by atoms with Crippen LogP contribution in [0.4, 0.5) is 0 Å². The molecule has 1 aromatic rings. The van der Waals surface area contributed by atoms with Gasteiger partial charge in [-0.1, -0.05) is 12.1 Å². The lowest BCUT2D eigenvalue weighted by Crippen LogP contribution is -2.25. The summed E-state index contributed by atoms with van der Waals surface area (Å²) in [7, 11) is 0. The van der Waals surface area contributed by atoms with E-state index < -0.39 is 0 Å². The van der Waals surface area contributed by atoms with Crippen LogP contribution in [0.1, 0.15) is 25.1 Å². The topological polar surface area (TPSA) is 62.4 Å². The molecule has 0 saturated carbocycles. The molecule has 14 heavy (non-hydrogen) atoms. The Bertz CT molecular complexity index is 262. The van der Waals surface area contributed by atoms with Crippen LogP contribution in [-0.4, -0.2) is 39.8 Å². The first-order valence-corrected chi connectivity index (χ1v) is 4.88. The fourth-order valence-electron chi connectivity index (χ4n) is 1.25. The molecule has 1 heterocycles. The van der Waals surface area contributed by atoms with E-state index in [1.54, 1.807) is 6.92 Å². The van der Waals surface area contributed by atoms with Crippen LogP contribution >= 0.6 is 0 Å². The molecule has 1 N–H and O–H groups in total. The highest BCUT2D eigenvalue weighted by Gasteiger charge is 2.07. The Morgan fingerprint density at radius 2 is 2.29 bits per heavy atom. The minimum atomic E-state index is 0.224. The second-order valence-corrected chi connectivity index (χ2v) is 3.18. The Morgan fingerprint density at radius 3 is 2.79 bits per heavy atom. The van der Waals surface area contributed by atoms with Crippen LogP contribution in [0.15, 0.2) is 4.52 Å². The Hall–Kier alpha value is -0.940. The molecule has 0 atom stereocenters. The highest BCUT2D eigenvalue weighted by atomic mass is 16.5. The van der Waals surface area contributed by atoms with Gasteiger partial charge in [0.15, 0.2) is 5.82 Å². The molecule has 0 bridgehead atoms. The van der Waals surface area contributed by atoms with Crippen molar-refractivity contribution >= 4 is 0 Å². The van der Waals surface area contributed by atoms with Gasteiger partial charge < -0.3 is 9.63 Å². The van der Waals surface area contributed by atoms with Gasteiger partial charge in [-0.25, -0.2) is 0 Å². The number of aliphatic hydroxyl groups is 1. The van der Waals surface area contributed by atoms with Gasteiger partial charge in [-0.2, -0.15) is 4.98 Å². The zero-order valence-electron chi connectivity index (χ0n) is 8.73. The zero-order chi connectivity index (χ0) is 10.4. The summed E-state index contributed by atoms with van der Waals surface area (Å²) < 4.78 is 4.88. The average molecular weight is 199 g/mol. The van der Waals surface area contributed by atoms with Crippen molar-refractivity contribution in [2.75, 3.05) is 19.7 Å². The molecular weight excluding hydrogens is 182 g/mol. The molecule has 0 aliphatic carbocycles. The number of aliphatic hydroxyl groups excluding tert-OH is 1. The molecule has 0 spiro atoms. The van der Waals surface area contributed by atoms with Crippen molar-refractivity contribution in [1.29, 1.82) is 0 Å². The van der Waals surface area contributed by atoms with Crippen molar-refractivity contribution < 1.29 is 9.63 Å². The number of hydrogen-bond acceptors (Lipinski definition) is 5. The Labute approximate surface area is 83.7 Å². The summed E-state index contributed by atoms with van der Waals surface area (Å²) in [5, 5.41) is 12.5. The van der Waals surface area contributed by atoms with Gasteiger partial charge in [0.2, 0.25) is 5.89 Å². The van der Waals surface area contributed by atoms with Crippen LogP contribution in [0.25, 0.3) is 0 Å². The van der Waals surface area contributed by atoms with E-state index in [2.05, 4.69) is 22.0 Å².